The number of rotatable bonds is 4. The lowest BCUT2D eigenvalue weighted by Gasteiger charge is -2.30. The van der Waals surface area contributed by atoms with Crippen LogP contribution in [-0.2, 0) is 12.8 Å². The van der Waals surface area contributed by atoms with Crippen LogP contribution in [-0.4, -0.2) is 42.0 Å². The Morgan fingerprint density at radius 2 is 2.27 bits per heavy atom. The molecule has 0 bridgehead atoms. The first kappa shape index (κ1) is 15.3. The van der Waals surface area contributed by atoms with Crippen LogP contribution in [0.25, 0.3) is 0 Å². The average Bonchev–Trinajstić information content (AvgIpc) is 2.93. The van der Waals surface area contributed by atoms with E-state index in [9.17, 15) is 9.59 Å². The number of hydrogen-bond donors (Lipinski definition) is 2. The SMILES string of the molecule is CC1CCCN(CCNC(=O)c2cc3c([nH]c2=O)CCC3)C1. The van der Waals surface area contributed by atoms with Crippen molar-refractivity contribution < 1.29 is 4.79 Å². The second-order valence-corrected chi connectivity index (χ2v) is 6.67. The molecule has 0 radical (unpaired) electrons. The molecule has 3 rings (SSSR count). The lowest BCUT2D eigenvalue weighted by molar-refractivity contribution is 0.0942. The maximum absolute atomic E-state index is 12.2. The molecule has 22 heavy (non-hydrogen) atoms. The van der Waals surface area contributed by atoms with E-state index >= 15 is 0 Å². The van der Waals surface area contributed by atoms with Crippen LogP contribution in [0.5, 0.6) is 0 Å². The van der Waals surface area contributed by atoms with Crippen molar-refractivity contribution in [1.82, 2.24) is 15.2 Å². The maximum atomic E-state index is 12.2. The first-order valence-corrected chi connectivity index (χ1v) is 8.39. The number of hydrogen-bond acceptors (Lipinski definition) is 3. The largest absolute Gasteiger partial charge is 0.351 e. The second-order valence-electron chi connectivity index (χ2n) is 6.67. The van der Waals surface area contributed by atoms with Gasteiger partial charge < -0.3 is 15.2 Å². The zero-order valence-corrected chi connectivity index (χ0v) is 13.3. The second kappa shape index (κ2) is 6.65. The Balaban J connectivity index is 1.55. The summed E-state index contributed by atoms with van der Waals surface area (Å²) in [7, 11) is 0. The Kier molecular flexibility index (Phi) is 4.62. The van der Waals surface area contributed by atoms with E-state index in [1.807, 2.05) is 0 Å². The van der Waals surface area contributed by atoms with E-state index in [0.717, 1.165) is 56.1 Å². The molecule has 5 heteroatoms. The van der Waals surface area contributed by atoms with Gasteiger partial charge in [-0.1, -0.05) is 6.92 Å². The van der Waals surface area contributed by atoms with Gasteiger partial charge in [-0.2, -0.15) is 0 Å². The lowest BCUT2D eigenvalue weighted by atomic mass is 10.0. The summed E-state index contributed by atoms with van der Waals surface area (Å²) in [6, 6.07) is 1.78. The van der Waals surface area contributed by atoms with Crippen LogP contribution in [0, 0.1) is 5.92 Å². The number of piperidine rings is 1. The van der Waals surface area contributed by atoms with E-state index in [1.165, 1.54) is 12.8 Å². The Morgan fingerprint density at radius 3 is 3.09 bits per heavy atom. The van der Waals surface area contributed by atoms with Crippen LogP contribution in [0.3, 0.4) is 0 Å². The van der Waals surface area contributed by atoms with Gasteiger partial charge in [0.2, 0.25) is 0 Å². The number of nitrogens with one attached hydrogen (secondary N) is 2. The van der Waals surface area contributed by atoms with E-state index in [2.05, 4.69) is 22.1 Å². The summed E-state index contributed by atoms with van der Waals surface area (Å²) >= 11 is 0. The molecule has 1 aromatic rings. The van der Waals surface area contributed by atoms with Crippen molar-refractivity contribution in [2.75, 3.05) is 26.2 Å². The van der Waals surface area contributed by atoms with E-state index < -0.39 is 0 Å². The van der Waals surface area contributed by atoms with Gasteiger partial charge in [-0.05, 0) is 56.2 Å². The van der Waals surface area contributed by atoms with Gasteiger partial charge in [0.1, 0.15) is 5.56 Å². The van der Waals surface area contributed by atoms with Gasteiger partial charge in [0.25, 0.3) is 11.5 Å². The number of nitrogens with zero attached hydrogens (tertiary/aromatic N) is 1. The molecule has 1 aliphatic heterocycles. The van der Waals surface area contributed by atoms with Crippen molar-refractivity contribution >= 4 is 5.91 Å². The predicted molar refractivity (Wildman–Crippen MR) is 86.3 cm³/mol. The van der Waals surface area contributed by atoms with Gasteiger partial charge in [0.15, 0.2) is 0 Å². The zero-order valence-electron chi connectivity index (χ0n) is 13.3. The first-order valence-electron chi connectivity index (χ1n) is 8.39. The van der Waals surface area contributed by atoms with Gasteiger partial charge in [-0.15, -0.1) is 0 Å². The Bertz CT molecular complexity index is 608. The van der Waals surface area contributed by atoms with Crippen molar-refractivity contribution in [3.63, 3.8) is 0 Å². The lowest BCUT2D eigenvalue weighted by Crippen LogP contribution is -2.41. The van der Waals surface area contributed by atoms with E-state index in [1.54, 1.807) is 6.07 Å². The highest BCUT2D eigenvalue weighted by molar-refractivity contribution is 5.94. The van der Waals surface area contributed by atoms with Crippen LogP contribution in [0.1, 0.15) is 47.8 Å². The summed E-state index contributed by atoms with van der Waals surface area (Å²) in [5.41, 5.74) is 2.12. The summed E-state index contributed by atoms with van der Waals surface area (Å²) < 4.78 is 0. The Morgan fingerprint density at radius 1 is 1.41 bits per heavy atom. The monoisotopic (exact) mass is 303 g/mol. The predicted octanol–water partition coefficient (Wildman–Crippen LogP) is 1.33. The molecular weight excluding hydrogens is 278 g/mol. The molecule has 1 atom stereocenters. The third-order valence-corrected chi connectivity index (χ3v) is 4.79. The molecule has 2 heterocycles. The minimum atomic E-state index is -0.259. The smallest absolute Gasteiger partial charge is 0.261 e. The molecule has 2 aliphatic rings. The van der Waals surface area contributed by atoms with Gasteiger partial charge in [-0.3, -0.25) is 9.59 Å². The van der Waals surface area contributed by atoms with Crippen molar-refractivity contribution in [3.8, 4) is 0 Å². The third kappa shape index (κ3) is 3.40. The van der Waals surface area contributed by atoms with Crippen molar-refractivity contribution in [2.45, 2.75) is 39.0 Å². The number of aromatic amines is 1. The molecule has 1 saturated heterocycles. The molecule has 0 saturated carbocycles. The van der Waals surface area contributed by atoms with Crippen LogP contribution >= 0.6 is 0 Å². The summed E-state index contributed by atoms with van der Waals surface area (Å²) in [4.78, 5) is 29.5. The molecule has 1 aromatic heterocycles. The van der Waals surface area contributed by atoms with Crippen molar-refractivity contribution in [3.05, 3.63) is 33.2 Å². The number of carbonyl (C=O) groups is 1. The molecule has 120 valence electrons. The average molecular weight is 303 g/mol. The fourth-order valence-electron chi connectivity index (χ4n) is 3.59. The molecule has 1 aliphatic carbocycles. The first-order chi connectivity index (χ1) is 10.6. The fourth-order valence-corrected chi connectivity index (χ4v) is 3.59. The highest BCUT2D eigenvalue weighted by Gasteiger charge is 2.19. The van der Waals surface area contributed by atoms with Crippen molar-refractivity contribution in [2.24, 2.45) is 5.92 Å². The third-order valence-electron chi connectivity index (χ3n) is 4.79. The number of likely N-dealkylation sites (tertiary alicyclic amines) is 1. The maximum Gasteiger partial charge on any atom is 0.261 e. The molecule has 0 spiro atoms. The number of pyridine rings is 1. The van der Waals surface area contributed by atoms with E-state index in [0.29, 0.717) is 6.54 Å². The summed E-state index contributed by atoms with van der Waals surface area (Å²) in [5.74, 6) is 0.491. The minimum Gasteiger partial charge on any atom is -0.351 e. The normalized spacial score (nSPS) is 21.6. The summed E-state index contributed by atoms with van der Waals surface area (Å²) in [6.45, 7) is 5.95. The van der Waals surface area contributed by atoms with Gasteiger partial charge in [0.05, 0.1) is 0 Å². The van der Waals surface area contributed by atoms with Crippen LogP contribution in [0.4, 0.5) is 0 Å². The van der Waals surface area contributed by atoms with Crippen molar-refractivity contribution in [1.29, 1.82) is 0 Å². The zero-order chi connectivity index (χ0) is 15.5. The molecule has 0 aromatic carbocycles. The number of amides is 1. The highest BCUT2D eigenvalue weighted by atomic mass is 16.2. The molecule has 2 N–H and O–H groups in total. The minimum absolute atomic E-state index is 0.249. The molecular formula is C17H25N3O2. The number of aromatic nitrogens is 1. The van der Waals surface area contributed by atoms with Gasteiger partial charge >= 0.3 is 0 Å². The molecule has 1 fully saturated rings. The van der Waals surface area contributed by atoms with E-state index in [-0.39, 0.29) is 17.0 Å². The highest BCUT2D eigenvalue weighted by Crippen LogP contribution is 2.18. The number of H-pyrrole nitrogens is 1. The Hall–Kier alpha value is -1.62. The Labute approximate surface area is 131 Å². The van der Waals surface area contributed by atoms with Gasteiger partial charge in [-0.25, -0.2) is 0 Å². The van der Waals surface area contributed by atoms with E-state index in [4.69, 9.17) is 0 Å². The summed E-state index contributed by atoms with van der Waals surface area (Å²) in [6.07, 6.45) is 5.47. The number of carbonyl (C=O) groups excluding carboxylic acids is 1. The molecule has 1 amide bonds. The van der Waals surface area contributed by atoms with Crippen LogP contribution in [0.15, 0.2) is 10.9 Å². The summed E-state index contributed by atoms with van der Waals surface area (Å²) in [5, 5.41) is 2.89. The topological polar surface area (TPSA) is 65.2 Å². The van der Waals surface area contributed by atoms with Crippen LogP contribution < -0.4 is 10.9 Å². The number of aryl methyl sites for hydroxylation is 2. The molecule has 1 unspecified atom stereocenters. The number of fused-ring (bicyclic) bond motifs is 1. The molecule has 5 nitrogen and oxygen atoms in total. The quantitative estimate of drug-likeness (QED) is 0.882. The van der Waals surface area contributed by atoms with Crippen LogP contribution in [0.2, 0.25) is 0 Å². The fraction of sp³-hybridized carbons (Fsp3) is 0.647. The standard InChI is InChI=1S/C17H25N3O2/c1-12-4-3-8-20(11-12)9-7-18-16(21)14-10-13-5-2-6-15(13)19-17(14)22/h10,12H,2-9,11H2,1H3,(H,18,21)(H,19,22). The van der Waals surface area contributed by atoms with Gasteiger partial charge in [0, 0.05) is 25.3 Å².